The van der Waals surface area contributed by atoms with E-state index in [-0.39, 0.29) is 5.54 Å². The Balaban J connectivity index is 2.94. The van der Waals surface area contributed by atoms with E-state index >= 15 is 0 Å². The lowest BCUT2D eigenvalue weighted by Crippen LogP contribution is -2.57. The first kappa shape index (κ1) is 16.7. The van der Waals surface area contributed by atoms with Crippen molar-refractivity contribution in [3.05, 3.63) is 11.6 Å². The maximum atomic E-state index is 3.83. The SMILES string of the molecule is CCCNC(C1=CCCCCC1)C(C)(CC)N(C)C. The van der Waals surface area contributed by atoms with Crippen LogP contribution in [0.2, 0.25) is 0 Å². The lowest BCUT2D eigenvalue weighted by molar-refractivity contribution is 0.126. The van der Waals surface area contributed by atoms with Gasteiger partial charge in [0.05, 0.1) is 0 Å². The van der Waals surface area contributed by atoms with E-state index in [0.717, 1.165) is 6.54 Å². The van der Waals surface area contributed by atoms with E-state index in [1.807, 2.05) is 0 Å². The van der Waals surface area contributed by atoms with Gasteiger partial charge in [0.15, 0.2) is 0 Å². The van der Waals surface area contributed by atoms with E-state index in [0.29, 0.717) is 6.04 Å². The van der Waals surface area contributed by atoms with Gasteiger partial charge < -0.3 is 10.2 Å². The van der Waals surface area contributed by atoms with Crippen LogP contribution in [0.3, 0.4) is 0 Å². The van der Waals surface area contributed by atoms with Crippen LogP contribution in [0.25, 0.3) is 0 Å². The van der Waals surface area contributed by atoms with Crippen molar-refractivity contribution in [2.24, 2.45) is 0 Å². The van der Waals surface area contributed by atoms with Crippen LogP contribution in [0, 0.1) is 0 Å². The maximum Gasteiger partial charge on any atom is 0.0463 e. The second kappa shape index (κ2) is 8.06. The van der Waals surface area contributed by atoms with Gasteiger partial charge >= 0.3 is 0 Å². The summed E-state index contributed by atoms with van der Waals surface area (Å²) in [4.78, 5) is 2.41. The van der Waals surface area contributed by atoms with Crippen LogP contribution in [-0.4, -0.2) is 37.1 Å². The lowest BCUT2D eigenvalue weighted by Gasteiger charge is -2.44. The number of hydrogen-bond donors (Lipinski definition) is 1. The fourth-order valence-electron chi connectivity index (χ4n) is 3.12. The van der Waals surface area contributed by atoms with E-state index in [4.69, 9.17) is 0 Å². The fraction of sp³-hybridized carbons (Fsp3) is 0.882. The highest BCUT2D eigenvalue weighted by Gasteiger charge is 2.36. The van der Waals surface area contributed by atoms with Crippen molar-refractivity contribution in [1.82, 2.24) is 10.2 Å². The summed E-state index contributed by atoms with van der Waals surface area (Å²) in [5.41, 5.74) is 1.87. The summed E-state index contributed by atoms with van der Waals surface area (Å²) < 4.78 is 0. The van der Waals surface area contributed by atoms with E-state index < -0.39 is 0 Å². The average molecular weight is 266 g/mol. The van der Waals surface area contributed by atoms with Crippen molar-refractivity contribution >= 4 is 0 Å². The van der Waals surface area contributed by atoms with Gasteiger partial charge in [-0.1, -0.05) is 31.9 Å². The third-order valence-electron chi connectivity index (χ3n) is 4.90. The molecule has 0 amide bonds. The zero-order valence-electron chi connectivity index (χ0n) is 13.8. The van der Waals surface area contributed by atoms with E-state index in [1.54, 1.807) is 5.57 Å². The molecule has 0 saturated carbocycles. The van der Waals surface area contributed by atoms with E-state index in [1.165, 1.54) is 44.9 Å². The first-order valence-corrected chi connectivity index (χ1v) is 8.16. The molecule has 2 heteroatoms. The van der Waals surface area contributed by atoms with Crippen LogP contribution in [0.5, 0.6) is 0 Å². The minimum absolute atomic E-state index is 0.214. The Hall–Kier alpha value is -0.340. The predicted molar refractivity (Wildman–Crippen MR) is 85.6 cm³/mol. The lowest BCUT2D eigenvalue weighted by atomic mass is 9.81. The molecule has 0 fully saturated rings. The highest BCUT2D eigenvalue weighted by Crippen LogP contribution is 2.30. The summed E-state index contributed by atoms with van der Waals surface area (Å²) in [7, 11) is 4.45. The van der Waals surface area contributed by atoms with Crippen LogP contribution in [0.4, 0.5) is 0 Å². The second-order valence-corrected chi connectivity index (χ2v) is 6.37. The van der Waals surface area contributed by atoms with E-state index in [9.17, 15) is 0 Å². The van der Waals surface area contributed by atoms with Crippen LogP contribution >= 0.6 is 0 Å². The molecule has 1 aliphatic rings. The van der Waals surface area contributed by atoms with Crippen LogP contribution in [0.15, 0.2) is 11.6 Å². The minimum Gasteiger partial charge on any atom is -0.309 e. The van der Waals surface area contributed by atoms with Gasteiger partial charge in [-0.2, -0.15) is 0 Å². The molecule has 112 valence electrons. The number of allylic oxidation sites excluding steroid dienone is 1. The molecular weight excluding hydrogens is 232 g/mol. The molecule has 0 spiro atoms. The molecule has 2 unspecified atom stereocenters. The number of likely N-dealkylation sites (N-methyl/N-ethyl adjacent to an activating group) is 1. The molecule has 0 aromatic carbocycles. The van der Waals surface area contributed by atoms with Crippen molar-refractivity contribution in [3.63, 3.8) is 0 Å². The fourth-order valence-corrected chi connectivity index (χ4v) is 3.12. The van der Waals surface area contributed by atoms with Gasteiger partial charge in [0.1, 0.15) is 0 Å². The Labute approximate surface area is 120 Å². The molecule has 0 bridgehead atoms. The van der Waals surface area contributed by atoms with Gasteiger partial charge in [-0.3, -0.25) is 0 Å². The monoisotopic (exact) mass is 266 g/mol. The quantitative estimate of drug-likeness (QED) is 0.701. The first-order valence-electron chi connectivity index (χ1n) is 8.16. The standard InChI is InChI=1S/C17H34N2/c1-6-14-18-16(17(3,7-2)19(4)5)15-12-10-8-9-11-13-15/h12,16,18H,6-11,13-14H2,1-5H3. The normalized spacial score (nSPS) is 21.7. The van der Waals surface area contributed by atoms with Crippen molar-refractivity contribution < 1.29 is 0 Å². The van der Waals surface area contributed by atoms with Gasteiger partial charge in [-0.25, -0.2) is 0 Å². The smallest absolute Gasteiger partial charge is 0.0463 e. The van der Waals surface area contributed by atoms with Crippen LogP contribution < -0.4 is 5.32 Å². The zero-order valence-corrected chi connectivity index (χ0v) is 13.8. The second-order valence-electron chi connectivity index (χ2n) is 6.37. The average Bonchev–Trinajstić information content (AvgIpc) is 2.67. The molecular formula is C17H34N2. The Morgan fingerprint density at radius 2 is 2.00 bits per heavy atom. The van der Waals surface area contributed by atoms with Crippen molar-refractivity contribution in [1.29, 1.82) is 0 Å². The van der Waals surface area contributed by atoms with Crippen molar-refractivity contribution in [2.75, 3.05) is 20.6 Å². The zero-order chi connectivity index (χ0) is 14.3. The van der Waals surface area contributed by atoms with Gasteiger partial charge in [0, 0.05) is 11.6 Å². The summed E-state index contributed by atoms with van der Waals surface area (Å²) >= 11 is 0. The van der Waals surface area contributed by atoms with Crippen molar-refractivity contribution in [2.45, 2.75) is 77.3 Å². The molecule has 0 heterocycles. The summed E-state index contributed by atoms with van der Waals surface area (Å²) in [5, 5.41) is 3.83. The molecule has 0 aliphatic heterocycles. The predicted octanol–water partition coefficient (Wildman–Crippen LogP) is 3.98. The Bertz CT molecular complexity index is 283. The van der Waals surface area contributed by atoms with Gasteiger partial charge in [-0.15, -0.1) is 0 Å². The molecule has 2 nitrogen and oxygen atoms in total. The highest BCUT2D eigenvalue weighted by molar-refractivity contribution is 5.19. The third kappa shape index (κ3) is 4.32. The molecule has 1 aliphatic carbocycles. The van der Waals surface area contributed by atoms with Gasteiger partial charge in [-0.05, 0) is 66.1 Å². The summed E-state index contributed by atoms with van der Waals surface area (Å²) in [6.45, 7) is 8.10. The Morgan fingerprint density at radius 1 is 1.26 bits per heavy atom. The molecule has 2 atom stereocenters. The number of nitrogens with zero attached hydrogens (tertiary/aromatic N) is 1. The van der Waals surface area contributed by atoms with Crippen molar-refractivity contribution in [3.8, 4) is 0 Å². The summed E-state index contributed by atoms with van der Waals surface area (Å²) in [6.07, 6.45) is 11.6. The molecule has 0 radical (unpaired) electrons. The minimum atomic E-state index is 0.214. The molecule has 0 aromatic heterocycles. The largest absolute Gasteiger partial charge is 0.309 e. The molecule has 1 N–H and O–H groups in total. The van der Waals surface area contributed by atoms with E-state index in [2.05, 4.69) is 51.2 Å². The van der Waals surface area contributed by atoms with Crippen LogP contribution in [-0.2, 0) is 0 Å². The topological polar surface area (TPSA) is 15.3 Å². The Morgan fingerprint density at radius 3 is 2.58 bits per heavy atom. The van der Waals surface area contributed by atoms with Crippen LogP contribution in [0.1, 0.15) is 65.7 Å². The number of nitrogens with one attached hydrogen (secondary N) is 1. The number of rotatable bonds is 7. The number of hydrogen-bond acceptors (Lipinski definition) is 2. The summed E-state index contributed by atoms with van der Waals surface area (Å²) in [6, 6.07) is 0.505. The van der Waals surface area contributed by atoms with Gasteiger partial charge in [0.25, 0.3) is 0 Å². The first-order chi connectivity index (χ1) is 9.06. The molecule has 0 saturated heterocycles. The molecule has 19 heavy (non-hydrogen) atoms. The maximum absolute atomic E-state index is 3.83. The highest BCUT2D eigenvalue weighted by atomic mass is 15.2. The summed E-state index contributed by atoms with van der Waals surface area (Å²) in [5.74, 6) is 0. The molecule has 0 aromatic rings. The molecule has 1 rings (SSSR count). The Kier molecular flexibility index (Phi) is 7.09. The third-order valence-corrected chi connectivity index (χ3v) is 4.90. The van der Waals surface area contributed by atoms with Gasteiger partial charge in [0.2, 0.25) is 0 Å².